The number of nitrogens with one attached hydrogen (secondary N) is 1. The number of amides is 1. The lowest BCUT2D eigenvalue weighted by Crippen LogP contribution is -2.63. The summed E-state index contributed by atoms with van der Waals surface area (Å²) in [5.41, 5.74) is 2.40. The normalized spacial score (nSPS) is 24.1. The Labute approximate surface area is 108 Å². The van der Waals surface area contributed by atoms with E-state index in [0.717, 1.165) is 31.9 Å². The van der Waals surface area contributed by atoms with Gasteiger partial charge in [0.25, 0.3) is 0 Å². The zero-order valence-electron chi connectivity index (χ0n) is 10.7. The molecule has 1 atom stereocenters. The molecule has 1 aromatic rings. The molecular weight excluding hydrogens is 226 g/mol. The lowest BCUT2D eigenvalue weighted by molar-refractivity contribution is -0.134. The van der Waals surface area contributed by atoms with Gasteiger partial charge >= 0.3 is 0 Å². The Morgan fingerprint density at radius 1 is 1.39 bits per heavy atom. The van der Waals surface area contributed by atoms with Crippen molar-refractivity contribution in [1.82, 2.24) is 10.2 Å². The van der Waals surface area contributed by atoms with Crippen LogP contribution < -0.4 is 10.2 Å². The number of nitrogens with zero attached hydrogens (tertiary/aromatic N) is 2. The molecule has 3 rings (SSSR count). The van der Waals surface area contributed by atoms with Crippen molar-refractivity contribution in [2.45, 2.75) is 13.0 Å². The van der Waals surface area contributed by atoms with Gasteiger partial charge < -0.3 is 15.1 Å². The second kappa shape index (κ2) is 4.61. The van der Waals surface area contributed by atoms with E-state index in [9.17, 15) is 4.79 Å². The third-order valence-corrected chi connectivity index (χ3v) is 3.79. The summed E-state index contributed by atoms with van der Waals surface area (Å²) in [5.74, 6) is 0.259. The van der Waals surface area contributed by atoms with Crippen LogP contribution in [-0.4, -0.2) is 49.6 Å². The first kappa shape index (κ1) is 11.5. The third kappa shape index (κ3) is 2.08. The summed E-state index contributed by atoms with van der Waals surface area (Å²) in [5, 5.41) is 3.37. The topological polar surface area (TPSA) is 35.6 Å². The number of fused-ring (bicyclic) bond motifs is 1. The lowest BCUT2D eigenvalue weighted by atomic mass is 10.1. The average Bonchev–Trinajstić information content (AvgIpc) is 2.39. The molecule has 1 aromatic carbocycles. The fraction of sp³-hybridized carbons (Fsp3) is 0.500. The second-order valence-corrected chi connectivity index (χ2v) is 5.16. The monoisotopic (exact) mass is 245 g/mol. The zero-order chi connectivity index (χ0) is 12.5. The molecule has 96 valence electrons. The zero-order valence-corrected chi connectivity index (χ0v) is 10.7. The number of aryl methyl sites for hydroxylation is 1. The van der Waals surface area contributed by atoms with Crippen LogP contribution in [0.4, 0.5) is 5.69 Å². The Balaban J connectivity index is 1.81. The molecule has 1 N–H and O–H groups in total. The van der Waals surface area contributed by atoms with Crippen LogP contribution >= 0.6 is 0 Å². The average molecular weight is 245 g/mol. The summed E-state index contributed by atoms with van der Waals surface area (Å²) in [6, 6.07) is 8.70. The fourth-order valence-electron chi connectivity index (χ4n) is 2.85. The van der Waals surface area contributed by atoms with Gasteiger partial charge in [-0.25, -0.2) is 0 Å². The Morgan fingerprint density at radius 2 is 2.28 bits per heavy atom. The molecule has 18 heavy (non-hydrogen) atoms. The van der Waals surface area contributed by atoms with Crippen LogP contribution in [0.25, 0.3) is 0 Å². The first-order valence-electron chi connectivity index (χ1n) is 6.56. The van der Waals surface area contributed by atoms with Crippen LogP contribution in [0.1, 0.15) is 5.56 Å². The van der Waals surface area contributed by atoms with E-state index in [1.165, 1.54) is 5.56 Å². The van der Waals surface area contributed by atoms with Gasteiger partial charge in [-0.2, -0.15) is 0 Å². The van der Waals surface area contributed by atoms with E-state index >= 15 is 0 Å². The minimum absolute atomic E-state index is 0.259. The van der Waals surface area contributed by atoms with Crippen molar-refractivity contribution in [3.05, 3.63) is 29.8 Å². The SMILES string of the molecule is Cc1cccc(N2CC(=O)N3CCNCC3C2)c1. The van der Waals surface area contributed by atoms with Crippen LogP contribution in [0.2, 0.25) is 0 Å². The maximum absolute atomic E-state index is 12.2. The number of carbonyl (C=O) groups is 1. The van der Waals surface area contributed by atoms with E-state index < -0.39 is 0 Å². The summed E-state index contributed by atoms with van der Waals surface area (Å²) < 4.78 is 0. The quantitative estimate of drug-likeness (QED) is 0.787. The predicted octanol–water partition coefficient (Wildman–Crippen LogP) is 0.615. The number of hydrogen-bond acceptors (Lipinski definition) is 3. The Hall–Kier alpha value is -1.55. The molecule has 2 fully saturated rings. The smallest absolute Gasteiger partial charge is 0.242 e. The molecule has 2 heterocycles. The fourth-order valence-corrected chi connectivity index (χ4v) is 2.85. The van der Waals surface area contributed by atoms with Gasteiger partial charge in [-0.3, -0.25) is 4.79 Å². The molecule has 0 aliphatic carbocycles. The van der Waals surface area contributed by atoms with Crippen LogP contribution in [-0.2, 0) is 4.79 Å². The molecule has 2 saturated heterocycles. The molecule has 1 amide bonds. The molecule has 0 radical (unpaired) electrons. The van der Waals surface area contributed by atoms with Gasteiger partial charge in [0.2, 0.25) is 5.91 Å². The second-order valence-electron chi connectivity index (χ2n) is 5.16. The predicted molar refractivity (Wildman–Crippen MR) is 71.8 cm³/mol. The van der Waals surface area contributed by atoms with Crippen LogP contribution in [0, 0.1) is 6.92 Å². The minimum atomic E-state index is 0.259. The van der Waals surface area contributed by atoms with Crippen molar-refractivity contribution in [3.63, 3.8) is 0 Å². The number of piperazine rings is 2. The van der Waals surface area contributed by atoms with Gasteiger partial charge in [0.1, 0.15) is 0 Å². The van der Waals surface area contributed by atoms with Crippen LogP contribution in [0.15, 0.2) is 24.3 Å². The molecule has 0 saturated carbocycles. The van der Waals surface area contributed by atoms with Gasteiger partial charge in [0, 0.05) is 31.9 Å². The van der Waals surface area contributed by atoms with E-state index in [2.05, 4.69) is 41.4 Å². The molecule has 4 heteroatoms. The standard InChI is InChI=1S/C14H19N3O/c1-11-3-2-4-12(7-11)16-9-13-8-15-5-6-17(13)14(18)10-16/h2-4,7,13,15H,5-6,8-10H2,1H3. The summed E-state index contributed by atoms with van der Waals surface area (Å²) in [4.78, 5) is 16.4. The Morgan fingerprint density at radius 3 is 3.11 bits per heavy atom. The van der Waals surface area contributed by atoms with Gasteiger partial charge in [-0.1, -0.05) is 12.1 Å². The number of hydrogen-bond donors (Lipinski definition) is 1. The lowest BCUT2D eigenvalue weighted by Gasteiger charge is -2.44. The first-order chi connectivity index (χ1) is 8.74. The molecule has 1 unspecified atom stereocenters. The van der Waals surface area contributed by atoms with Crippen molar-refractivity contribution in [3.8, 4) is 0 Å². The van der Waals surface area contributed by atoms with Crippen LogP contribution in [0.3, 0.4) is 0 Å². The summed E-state index contributed by atoms with van der Waals surface area (Å²) in [6.07, 6.45) is 0. The van der Waals surface area contributed by atoms with E-state index in [-0.39, 0.29) is 5.91 Å². The minimum Gasteiger partial charge on any atom is -0.360 e. The van der Waals surface area contributed by atoms with E-state index in [4.69, 9.17) is 0 Å². The van der Waals surface area contributed by atoms with E-state index in [1.54, 1.807) is 0 Å². The van der Waals surface area contributed by atoms with Gasteiger partial charge in [0.05, 0.1) is 12.6 Å². The Bertz CT molecular complexity index is 460. The third-order valence-electron chi connectivity index (χ3n) is 3.79. The molecule has 2 aliphatic rings. The number of benzene rings is 1. The van der Waals surface area contributed by atoms with Crippen molar-refractivity contribution in [2.24, 2.45) is 0 Å². The molecule has 0 aromatic heterocycles. The maximum Gasteiger partial charge on any atom is 0.242 e. The highest BCUT2D eigenvalue weighted by Crippen LogP contribution is 2.21. The number of carbonyl (C=O) groups excluding carboxylic acids is 1. The molecule has 4 nitrogen and oxygen atoms in total. The van der Waals surface area contributed by atoms with E-state index in [0.29, 0.717) is 12.6 Å². The number of anilines is 1. The van der Waals surface area contributed by atoms with Crippen molar-refractivity contribution < 1.29 is 4.79 Å². The first-order valence-corrected chi connectivity index (χ1v) is 6.56. The largest absolute Gasteiger partial charge is 0.360 e. The van der Waals surface area contributed by atoms with Crippen molar-refractivity contribution in [2.75, 3.05) is 37.6 Å². The number of rotatable bonds is 1. The summed E-state index contributed by atoms with van der Waals surface area (Å²) in [6.45, 7) is 6.22. The van der Waals surface area contributed by atoms with Gasteiger partial charge in [-0.05, 0) is 24.6 Å². The van der Waals surface area contributed by atoms with Gasteiger partial charge in [0.15, 0.2) is 0 Å². The van der Waals surface area contributed by atoms with Crippen molar-refractivity contribution in [1.29, 1.82) is 0 Å². The maximum atomic E-state index is 12.2. The highest BCUT2D eigenvalue weighted by atomic mass is 16.2. The summed E-state index contributed by atoms with van der Waals surface area (Å²) in [7, 11) is 0. The Kier molecular flexibility index (Phi) is 2.96. The molecular formula is C14H19N3O. The van der Waals surface area contributed by atoms with Crippen molar-refractivity contribution >= 4 is 11.6 Å². The molecule has 2 aliphatic heterocycles. The van der Waals surface area contributed by atoms with Crippen LogP contribution in [0.5, 0.6) is 0 Å². The highest BCUT2D eigenvalue weighted by Gasteiger charge is 2.33. The molecule has 0 spiro atoms. The molecule has 0 bridgehead atoms. The van der Waals surface area contributed by atoms with E-state index in [1.807, 2.05) is 4.90 Å². The van der Waals surface area contributed by atoms with Gasteiger partial charge in [-0.15, -0.1) is 0 Å². The summed E-state index contributed by atoms with van der Waals surface area (Å²) >= 11 is 0. The highest BCUT2D eigenvalue weighted by molar-refractivity contribution is 5.83.